The molecule has 1 N–H and O–H groups in total. The maximum atomic E-state index is 3.66. The molecule has 1 aliphatic carbocycles. The molecule has 0 aliphatic heterocycles. The fourth-order valence-corrected chi connectivity index (χ4v) is 3.07. The van der Waals surface area contributed by atoms with Crippen molar-refractivity contribution < 1.29 is 0 Å². The van der Waals surface area contributed by atoms with Crippen molar-refractivity contribution in [2.75, 3.05) is 0 Å². The Morgan fingerprint density at radius 1 is 1.43 bits per heavy atom. The van der Waals surface area contributed by atoms with Gasteiger partial charge in [0, 0.05) is 12.6 Å². The first kappa shape index (κ1) is 10.2. The highest BCUT2D eigenvalue weighted by molar-refractivity contribution is 7.08. The first-order valence-corrected chi connectivity index (χ1v) is 6.45. The number of thiophene rings is 1. The second kappa shape index (κ2) is 4.45. The van der Waals surface area contributed by atoms with E-state index in [1.807, 2.05) is 11.3 Å². The van der Waals surface area contributed by atoms with Gasteiger partial charge in [0.15, 0.2) is 0 Å². The summed E-state index contributed by atoms with van der Waals surface area (Å²) in [5.41, 5.74) is 2.92. The fraction of sp³-hybridized carbons (Fsp3) is 0.667. The van der Waals surface area contributed by atoms with Gasteiger partial charge in [-0.1, -0.05) is 6.92 Å². The quantitative estimate of drug-likeness (QED) is 0.805. The molecule has 1 aromatic heterocycles. The van der Waals surface area contributed by atoms with Gasteiger partial charge in [0.2, 0.25) is 0 Å². The van der Waals surface area contributed by atoms with Crippen LogP contribution in [0.1, 0.15) is 37.3 Å². The summed E-state index contributed by atoms with van der Waals surface area (Å²) >= 11 is 1.81. The molecular formula is C12H19NS. The van der Waals surface area contributed by atoms with Crippen molar-refractivity contribution in [3.8, 4) is 0 Å². The smallest absolute Gasteiger partial charge is 0.0218 e. The third kappa shape index (κ3) is 2.37. The van der Waals surface area contributed by atoms with Crippen LogP contribution in [-0.2, 0) is 6.54 Å². The molecule has 2 heteroatoms. The standard InChI is InChI=1S/C12H19NS/c1-9-3-4-12(5-9)13-6-11-8-14-7-10(11)2/h7-9,12-13H,3-6H2,1-2H3. The molecule has 0 spiro atoms. The predicted octanol–water partition coefficient (Wildman–Crippen LogP) is 3.33. The van der Waals surface area contributed by atoms with Crippen molar-refractivity contribution in [3.63, 3.8) is 0 Å². The van der Waals surface area contributed by atoms with E-state index < -0.39 is 0 Å². The summed E-state index contributed by atoms with van der Waals surface area (Å²) in [5.74, 6) is 0.927. The van der Waals surface area contributed by atoms with Crippen LogP contribution in [-0.4, -0.2) is 6.04 Å². The largest absolute Gasteiger partial charge is 0.310 e. The van der Waals surface area contributed by atoms with Crippen LogP contribution in [0.25, 0.3) is 0 Å². The highest BCUT2D eigenvalue weighted by Gasteiger charge is 2.20. The Labute approximate surface area is 90.5 Å². The zero-order valence-corrected chi connectivity index (χ0v) is 9.86. The second-order valence-electron chi connectivity index (χ2n) is 4.58. The molecule has 2 unspecified atom stereocenters. The summed E-state index contributed by atoms with van der Waals surface area (Å²) in [5, 5.41) is 8.16. The Morgan fingerprint density at radius 3 is 2.86 bits per heavy atom. The third-order valence-electron chi connectivity index (χ3n) is 3.24. The Balaban J connectivity index is 1.80. The van der Waals surface area contributed by atoms with Gasteiger partial charge < -0.3 is 5.32 Å². The Morgan fingerprint density at radius 2 is 2.29 bits per heavy atom. The predicted molar refractivity (Wildman–Crippen MR) is 62.7 cm³/mol. The van der Waals surface area contributed by atoms with E-state index in [2.05, 4.69) is 29.9 Å². The van der Waals surface area contributed by atoms with Gasteiger partial charge in [-0.2, -0.15) is 11.3 Å². The minimum absolute atomic E-state index is 0.768. The lowest BCUT2D eigenvalue weighted by Crippen LogP contribution is -2.25. The summed E-state index contributed by atoms with van der Waals surface area (Å²) in [6.45, 7) is 5.62. The van der Waals surface area contributed by atoms with E-state index in [1.165, 1.54) is 30.4 Å². The lowest BCUT2D eigenvalue weighted by Gasteiger charge is -2.11. The lowest BCUT2D eigenvalue weighted by atomic mass is 10.1. The van der Waals surface area contributed by atoms with Crippen LogP contribution in [0.15, 0.2) is 10.8 Å². The Kier molecular flexibility index (Phi) is 3.24. The summed E-state index contributed by atoms with van der Waals surface area (Å²) in [6, 6.07) is 0.768. The Hall–Kier alpha value is -0.340. The van der Waals surface area contributed by atoms with E-state index in [0.29, 0.717) is 0 Å². The van der Waals surface area contributed by atoms with Gasteiger partial charge in [-0.15, -0.1) is 0 Å². The molecule has 0 radical (unpaired) electrons. The molecule has 0 amide bonds. The fourth-order valence-electron chi connectivity index (χ4n) is 2.21. The van der Waals surface area contributed by atoms with E-state index in [1.54, 1.807) is 0 Å². The average molecular weight is 209 g/mol. The van der Waals surface area contributed by atoms with E-state index in [9.17, 15) is 0 Å². The highest BCUT2D eigenvalue weighted by atomic mass is 32.1. The first-order chi connectivity index (χ1) is 6.75. The molecule has 1 fully saturated rings. The molecule has 1 aliphatic rings. The summed E-state index contributed by atoms with van der Waals surface area (Å²) in [7, 11) is 0. The van der Waals surface area contributed by atoms with Crippen molar-refractivity contribution in [2.45, 2.75) is 45.7 Å². The van der Waals surface area contributed by atoms with Crippen molar-refractivity contribution in [3.05, 3.63) is 21.9 Å². The van der Waals surface area contributed by atoms with Crippen LogP contribution in [0.4, 0.5) is 0 Å². The van der Waals surface area contributed by atoms with Crippen molar-refractivity contribution >= 4 is 11.3 Å². The average Bonchev–Trinajstić information content (AvgIpc) is 2.72. The van der Waals surface area contributed by atoms with Crippen LogP contribution in [0.2, 0.25) is 0 Å². The van der Waals surface area contributed by atoms with Gasteiger partial charge in [0.05, 0.1) is 0 Å². The minimum atomic E-state index is 0.768. The van der Waals surface area contributed by atoms with E-state index in [-0.39, 0.29) is 0 Å². The second-order valence-corrected chi connectivity index (χ2v) is 5.32. The summed E-state index contributed by atoms with van der Waals surface area (Å²) in [4.78, 5) is 0. The SMILES string of the molecule is Cc1cscc1CNC1CCC(C)C1. The van der Waals surface area contributed by atoms with E-state index in [0.717, 1.165) is 18.5 Å². The molecule has 1 aromatic rings. The zero-order chi connectivity index (χ0) is 9.97. The minimum Gasteiger partial charge on any atom is -0.310 e. The summed E-state index contributed by atoms with van der Waals surface area (Å²) < 4.78 is 0. The topological polar surface area (TPSA) is 12.0 Å². The number of aryl methyl sites for hydroxylation is 1. The van der Waals surface area contributed by atoms with Crippen molar-refractivity contribution in [1.82, 2.24) is 5.32 Å². The number of hydrogen-bond donors (Lipinski definition) is 1. The molecule has 1 saturated carbocycles. The monoisotopic (exact) mass is 209 g/mol. The number of hydrogen-bond acceptors (Lipinski definition) is 2. The molecule has 1 heterocycles. The molecular weight excluding hydrogens is 190 g/mol. The Bertz CT molecular complexity index is 292. The van der Waals surface area contributed by atoms with Crippen LogP contribution < -0.4 is 5.32 Å². The van der Waals surface area contributed by atoms with Gasteiger partial charge in [-0.05, 0) is 54.0 Å². The highest BCUT2D eigenvalue weighted by Crippen LogP contribution is 2.25. The molecule has 14 heavy (non-hydrogen) atoms. The van der Waals surface area contributed by atoms with Crippen LogP contribution in [0.3, 0.4) is 0 Å². The van der Waals surface area contributed by atoms with Crippen LogP contribution in [0.5, 0.6) is 0 Å². The van der Waals surface area contributed by atoms with Gasteiger partial charge in [-0.25, -0.2) is 0 Å². The van der Waals surface area contributed by atoms with Crippen molar-refractivity contribution in [1.29, 1.82) is 0 Å². The van der Waals surface area contributed by atoms with Gasteiger partial charge in [-0.3, -0.25) is 0 Å². The molecule has 0 bridgehead atoms. The van der Waals surface area contributed by atoms with Gasteiger partial charge in [0.1, 0.15) is 0 Å². The van der Waals surface area contributed by atoms with Crippen molar-refractivity contribution in [2.24, 2.45) is 5.92 Å². The zero-order valence-electron chi connectivity index (χ0n) is 9.05. The third-order valence-corrected chi connectivity index (χ3v) is 4.15. The lowest BCUT2D eigenvalue weighted by molar-refractivity contribution is 0.502. The normalized spacial score (nSPS) is 27.0. The summed E-state index contributed by atoms with van der Waals surface area (Å²) in [6.07, 6.45) is 4.13. The first-order valence-electron chi connectivity index (χ1n) is 5.50. The van der Waals surface area contributed by atoms with E-state index in [4.69, 9.17) is 0 Å². The maximum Gasteiger partial charge on any atom is 0.0218 e. The van der Waals surface area contributed by atoms with Gasteiger partial charge in [0.25, 0.3) is 0 Å². The van der Waals surface area contributed by atoms with Crippen LogP contribution >= 0.6 is 11.3 Å². The molecule has 78 valence electrons. The molecule has 0 aromatic carbocycles. The van der Waals surface area contributed by atoms with E-state index >= 15 is 0 Å². The number of rotatable bonds is 3. The molecule has 1 nitrogen and oxygen atoms in total. The number of nitrogens with one attached hydrogen (secondary N) is 1. The molecule has 2 rings (SSSR count). The molecule has 2 atom stereocenters. The molecule has 0 saturated heterocycles. The van der Waals surface area contributed by atoms with Crippen LogP contribution in [0, 0.1) is 12.8 Å². The maximum absolute atomic E-state index is 3.66. The van der Waals surface area contributed by atoms with Gasteiger partial charge >= 0.3 is 0 Å².